The maximum absolute atomic E-state index is 12.6. The lowest BCUT2D eigenvalue weighted by Gasteiger charge is -2.19. The molecule has 0 bridgehead atoms. The van der Waals surface area contributed by atoms with Crippen molar-refractivity contribution in [1.29, 1.82) is 0 Å². The van der Waals surface area contributed by atoms with Crippen LogP contribution in [0.4, 0.5) is 11.4 Å². The summed E-state index contributed by atoms with van der Waals surface area (Å²) >= 11 is 0. The third-order valence-corrected chi connectivity index (χ3v) is 4.01. The van der Waals surface area contributed by atoms with Gasteiger partial charge in [-0.25, -0.2) is 0 Å². The summed E-state index contributed by atoms with van der Waals surface area (Å²) in [4.78, 5) is 12.6. The van der Waals surface area contributed by atoms with Crippen molar-refractivity contribution in [3.8, 4) is 5.75 Å². The van der Waals surface area contributed by atoms with Gasteiger partial charge in [0.2, 0.25) is 5.43 Å². The molecule has 0 spiro atoms. The van der Waals surface area contributed by atoms with Gasteiger partial charge >= 0.3 is 0 Å². The highest BCUT2D eigenvalue weighted by molar-refractivity contribution is 5.81. The monoisotopic (exact) mass is 323 g/mol. The first-order valence-corrected chi connectivity index (χ1v) is 7.85. The van der Waals surface area contributed by atoms with Crippen LogP contribution in [0.3, 0.4) is 0 Å². The molecule has 3 aromatic rings. The fraction of sp³-hybridized carbons (Fsp3) is 0.250. The van der Waals surface area contributed by atoms with Crippen LogP contribution in [-0.2, 0) is 5.41 Å². The maximum Gasteiger partial charge on any atom is 0.216 e. The Bertz CT molecular complexity index is 918. The number of nitrogens with one attached hydrogen (secondary N) is 1. The van der Waals surface area contributed by atoms with Crippen molar-refractivity contribution in [2.24, 2.45) is 0 Å². The fourth-order valence-electron chi connectivity index (χ4n) is 2.53. The summed E-state index contributed by atoms with van der Waals surface area (Å²) in [6.07, 6.45) is 1.45. The van der Waals surface area contributed by atoms with Gasteiger partial charge in [0.25, 0.3) is 0 Å². The fourth-order valence-corrected chi connectivity index (χ4v) is 2.53. The third kappa shape index (κ3) is 3.13. The quantitative estimate of drug-likeness (QED) is 0.749. The molecular formula is C20H21NO3. The first-order chi connectivity index (χ1) is 11.4. The van der Waals surface area contributed by atoms with Crippen LogP contribution >= 0.6 is 0 Å². The lowest BCUT2D eigenvalue weighted by molar-refractivity contribution is 0.414. The molecule has 1 heterocycles. The van der Waals surface area contributed by atoms with E-state index in [1.165, 1.54) is 11.8 Å². The highest BCUT2D eigenvalue weighted by Gasteiger charge is 2.13. The topological polar surface area (TPSA) is 51.5 Å². The van der Waals surface area contributed by atoms with Crippen LogP contribution in [0.15, 0.2) is 57.9 Å². The minimum atomic E-state index is -0.0983. The Morgan fingerprint density at radius 1 is 1.04 bits per heavy atom. The molecule has 4 heteroatoms. The molecule has 4 nitrogen and oxygen atoms in total. The van der Waals surface area contributed by atoms with Gasteiger partial charge in [-0.3, -0.25) is 4.79 Å². The zero-order valence-corrected chi connectivity index (χ0v) is 14.3. The molecule has 0 saturated heterocycles. The van der Waals surface area contributed by atoms with Gasteiger partial charge in [-0.1, -0.05) is 32.9 Å². The van der Waals surface area contributed by atoms with E-state index in [9.17, 15) is 4.79 Å². The minimum absolute atomic E-state index is 0.0968. The molecule has 0 saturated carbocycles. The van der Waals surface area contributed by atoms with Crippen LogP contribution in [0.5, 0.6) is 5.75 Å². The second-order valence-corrected chi connectivity index (χ2v) is 6.79. The van der Waals surface area contributed by atoms with Crippen LogP contribution in [0.1, 0.15) is 26.3 Å². The normalized spacial score (nSPS) is 11.5. The van der Waals surface area contributed by atoms with Gasteiger partial charge in [-0.05, 0) is 35.2 Å². The van der Waals surface area contributed by atoms with Crippen LogP contribution in [0.25, 0.3) is 11.0 Å². The average Bonchev–Trinajstić information content (AvgIpc) is 2.57. The van der Waals surface area contributed by atoms with E-state index in [0.29, 0.717) is 22.4 Å². The number of hydrogen-bond acceptors (Lipinski definition) is 4. The van der Waals surface area contributed by atoms with Crippen molar-refractivity contribution in [3.63, 3.8) is 0 Å². The van der Waals surface area contributed by atoms with E-state index >= 15 is 0 Å². The van der Waals surface area contributed by atoms with Crippen molar-refractivity contribution in [2.45, 2.75) is 26.2 Å². The predicted octanol–water partition coefficient (Wildman–Crippen LogP) is 4.84. The number of benzene rings is 2. The molecule has 0 fully saturated rings. The molecule has 0 aliphatic carbocycles. The van der Waals surface area contributed by atoms with Crippen LogP contribution < -0.4 is 15.5 Å². The average molecular weight is 323 g/mol. The molecule has 0 atom stereocenters. The number of ether oxygens (including phenoxy) is 1. The maximum atomic E-state index is 12.6. The zero-order valence-electron chi connectivity index (χ0n) is 14.3. The summed E-state index contributed by atoms with van der Waals surface area (Å²) in [7, 11) is 1.58. The third-order valence-electron chi connectivity index (χ3n) is 4.01. The second kappa shape index (κ2) is 6.04. The van der Waals surface area contributed by atoms with Gasteiger partial charge in [0.05, 0.1) is 12.5 Å². The largest absolute Gasteiger partial charge is 0.497 e. The van der Waals surface area contributed by atoms with Gasteiger partial charge < -0.3 is 14.5 Å². The SMILES string of the molecule is COc1ccc2c(=O)c(Nc3ccc(C(C)(C)C)cc3)coc2c1. The second-order valence-electron chi connectivity index (χ2n) is 6.79. The summed E-state index contributed by atoms with van der Waals surface area (Å²) < 4.78 is 10.7. The molecule has 0 unspecified atom stereocenters. The molecule has 2 aromatic carbocycles. The van der Waals surface area contributed by atoms with E-state index in [-0.39, 0.29) is 10.8 Å². The van der Waals surface area contributed by atoms with E-state index in [2.05, 4.69) is 38.2 Å². The molecule has 1 aromatic heterocycles. The number of rotatable bonds is 3. The number of hydrogen-bond donors (Lipinski definition) is 1. The van der Waals surface area contributed by atoms with Gasteiger partial charge in [-0.2, -0.15) is 0 Å². The molecule has 1 N–H and O–H groups in total. The van der Waals surface area contributed by atoms with E-state index in [4.69, 9.17) is 9.15 Å². The van der Waals surface area contributed by atoms with Crippen LogP contribution in [0, 0.1) is 0 Å². The zero-order chi connectivity index (χ0) is 17.3. The van der Waals surface area contributed by atoms with Crippen molar-refractivity contribution in [1.82, 2.24) is 0 Å². The summed E-state index contributed by atoms with van der Waals surface area (Å²) in [6, 6.07) is 13.2. The van der Waals surface area contributed by atoms with Gasteiger partial charge in [0.15, 0.2) is 0 Å². The first kappa shape index (κ1) is 16.1. The number of anilines is 2. The van der Waals surface area contributed by atoms with E-state index < -0.39 is 0 Å². The Morgan fingerprint density at radius 2 is 1.75 bits per heavy atom. The molecule has 0 radical (unpaired) electrons. The lowest BCUT2D eigenvalue weighted by Crippen LogP contribution is -2.11. The van der Waals surface area contributed by atoms with Gasteiger partial charge in [-0.15, -0.1) is 0 Å². The van der Waals surface area contributed by atoms with Gasteiger partial charge in [0, 0.05) is 11.8 Å². The van der Waals surface area contributed by atoms with Gasteiger partial charge in [0.1, 0.15) is 23.3 Å². The highest BCUT2D eigenvalue weighted by atomic mass is 16.5. The van der Waals surface area contributed by atoms with Crippen LogP contribution in [-0.4, -0.2) is 7.11 Å². The van der Waals surface area contributed by atoms with E-state index in [0.717, 1.165) is 5.69 Å². The Morgan fingerprint density at radius 3 is 2.38 bits per heavy atom. The van der Waals surface area contributed by atoms with Crippen molar-refractivity contribution in [3.05, 3.63) is 64.5 Å². The minimum Gasteiger partial charge on any atom is -0.497 e. The van der Waals surface area contributed by atoms with Crippen molar-refractivity contribution < 1.29 is 9.15 Å². The Balaban J connectivity index is 1.93. The first-order valence-electron chi connectivity index (χ1n) is 7.85. The van der Waals surface area contributed by atoms with E-state index in [1.54, 1.807) is 25.3 Å². The molecule has 0 amide bonds. The smallest absolute Gasteiger partial charge is 0.216 e. The van der Waals surface area contributed by atoms with Crippen molar-refractivity contribution in [2.75, 3.05) is 12.4 Å². The highest BCUT2D eigenvalue weighted by Crippen LogP contribution is 2.25. The summed E-state index contributed by atoms with van der Waals surface area (Å²) in [5.74, 6) is 0.657. The molecule has 0 aliphatic rings. The molecular weight excluding hydrogens is 302 g/mol. The number of fused-ring (bicyclic) bond motifs is 1. The summed E-state index contributed by atoms with van der Waals surface area (Å²) in [6.45, 7) is 6.50. The molecule has 24 heavy (non-hydrogen) atoms. The predicted molar refractivity (Wildman–Crippen MR) is 97.5 cm³/mol. The Hall–Kier alpha value is -2.75. The molecule has 124 valence electrons. The standard InChI is InChI=1S/C20H21NO3/c1-20(2,3)13-5-7-14(8-6-13)21-17-12-24-18-11-15(23-4)9-10-16(18)19(17)22/h5-12,21H,1-4H3. The van der Waals surface area contributed by atoms with Crippen LogP contribution in [0.2, 0.25) is 0 Å². The summed E-state index contributed by atoms with van der Waals surface area (Å²) in [5.41, 5.74) is 3.01. The summed E-state index contributed by atoms with van der Waals surface area (Å²) in [5, 5.41) is 3.65. The number of methoxy groups -OCH3 is 1. The van der Waals surface area contributed by atoms with Crippen molar-refractivity contribution >= 4 is 22.3 Å². The molecule has 3 rings (SSSR count). The Kier molecular flexibility index (Phi) is 4.06. The Labute approximate surface area is 141 Å². The lowest BCUT2D eigenvalue weighted by atomic mass is 9.87. The van der Waals surface area contributed by atoms with E-state index in [1.807, 2.05) is 12.1 Å². The molecule has 0 aliphatic heterocycles.